The van der Waals surface area contributed by atoms with Crippen LogP contribution in [0, 0.1) is 0 Å². The number of anilines is 1. The number of pyridine rings is 1. The molecule has 9 nitrogen and oxygen atoms in total. The Hall–Kier alpha value is -3.98. The van der Waals surface area contributed by atoms with Crippen molar-refractivity contribution in [1.29, 1.82) is 0 Å². The first-order chi connectivity index (χ1) is 16.5. The molecule has 5 rings (SSSR count). The molecule has 1 N–H and O–H groups in total. The van der Waals surface area contributed by atoms with Crippen LogP contribution in [-0.2, 0) is 4.84 Å². The second-order valence-electron chi connectivity index (χ2n) is 8.42. The molecule has 0 radical (unpaired) electrons. The third-order valence-electron chi connectivity index (χ3n) is 5.87. The Balaban J connectivity index is 1.44. The van der Waals surface area contributed by atoms with Gasteiger partial charge in [-0.2, -0.15) is 5.06 Å². The quantitative estimate of drug-likeness (QED) is 0.453. The van der Waals surface area contributed by atoms with Crippen molar-refractivity contribution in [3.05, 3.63) is 66.4 Å². The summed E-state index contributed by atoms with van der Waals surface area (Å²) in [6.45, 7) is 4.60. The molecular formula is C25H26N6O3. The first-order valence-corrected chi connectivity index (χ1v) is 11.2. The van der Waals surface area contributed by atoms with Crippen LogP contribution in [-0.4, -0.2) is 44.8 Å². The van der Waals surface area contributed by atoms with Gasteiger partial charge in [0.25, 0.3) is 0 Å². The molecule has 0 spiro atoms. The number of methoxy groups -OCH3 is 1. The molecule has 34 heavy (non-hydrogen) atoms. The molecular weight excluding hydrogens is 432 g/mol. The van der Waals surface area contributed by atoms with Gasteiger partial charge in [-0.15, -0.1) is 5.10 Å². The zero-order chi connectivity index (χ0) is 23.7. The lowest BCUT2D eigenvalue weighted by molar-refractivity contribution is -0.0830. The molecule has 1 aliphatic rings. The van der Waals surface area contributed by atoms with Crippen molar-refractivity contribution < 1.29 is 14.4 Å². The van der Waals surface area contributed by atoms with E-state index in [0.29, 0.717) is 18.2 Å². The lowest BCUT2D eigenvalue weighted by atomic mass is 10.1. The maximum Gasteiger partial charge on any atom is 0.346 e. The first kappa shape index (κ1) is 21.8. The number of amides is 2. The zero-order valence-electron chi connectivity index (χ0n) is 19.3. The molecule has 2 aromatic carbocycles. The molecule has 0 saturated carbocycles. The Labute approximate surface area is 197 Å². The lowest BCUT2D eigenvalue weighted by Crippen LogP contribution is -2.33. The van der Waals surface area contributed by atoms with Gasteiger partial charge in [-0.1, -0.05) is 41.6 Å². The van der Waals surface area contributed by atoms with Gasteiger partial charge in [-0.25, -0.2) is 14.5 Å². The van der Waals surface area contributed by atoms with Gasteiger partial charge in [0.1, 0.15) is 11.2 Å². The molecule has 9 heteroatoms. The van der Waals surface area contributed by atoms with Crippen LogP contribution in [0.5, 0.6) is 5.88 Å². The van der Waals surface area contributed by atoms with Crippen LogP contribution in [0.25, 0.3) is 22.2 Å². The van der Waals surface area contributed by atoms with E-state index >= 15 is 0 Å². The van der Waals surface area contributed by atoms with Gasteiger partial charge >= 0.3 is 6.03 Å². The number of carbonyl (C=O) groups excluding carboxylic acids is 1. The maximum absolute atomic E-state index is 13.2. The van der Waals surface area contributed by atoms with Crippen molar-refractivity contribution in [2.75, 3.05) is 19.0 Å². The largest absolute Gasteiger partial charge is 0.480 e. The number of carbonyl (C=O) groups is 1. The molecule has 0 bridgehead atoms. The summed E-state index contributed by atoms with van der Waals surface area (Å²) >= 11 is 0. The van der Waals surface area contributed by atoms with E-state index in [1.165, 1.54) is 12.2 Å². The number of ether oxygens (including phenoxy) is 1. The predicted molar refractivity (Wildman–Crippen MR) is 128 cm³/mol. The summed E-state index contributed by atoms with van der Waals surface area (Å²) in [7, 11) is 1.52. The van der Waals surface area contributed by atoms with Gasteiger partial charge in [0.15, 0.2) is 0 Å². The highest BCUT2D eigenvalue weighted by molar-refractivity contribution is 5.92. The van der Waals surface area contributed by atoms with Gasteiger partial charge in [0.2, 0.25) is 5.88 Å². The van der Waals surface area contributed by atoms with Gasteiger partial charge in [-0.05, 0) is 43.2 Å². The van der Waals surface area contributed by atoms with Crippen LogP contribution in [0.2, 0.25) is 0 Å². The van der Waals surface area contributed by atoms with Crippen LogP contribution in [0.3, 0.4) is 0 Å². The standard InChI is InChI=1S/C25H26N6O3/c1-16(2)30-23-14-18(9-10-20(23)28-29-30)19-13-21(24(33-3)26-15-19)27-25(32)31-22(11-12-34-31)17-7-5-4-6-8-17/h4-10,13-16,22H,11-12H2,1-3H3,(H,27,32). The first-order valence-electron chi connectivity index (χ1n) is 11.2. The minimum Gasteiger partial charge on any atom is -0.480 e. The fourth-order valence-electron chi connectivity index (χ4n) is 4.18. The van der Waals surface area contributed by atoms with Crippen LogP contribution in [0.1, 0.15) is 37.9 Å². The summed E-state index contributed by atoms with van der Waals surface area (Å²) in [5.74, 6) is 0.322. The Kier molecular flexibility index (Phi) is 5.85. The normalized spacial score (nSPS) is 15.8. The summed E-state index contributed by atoms with van der Waals surface area (Å²) in [6, 6.07) is 17.3. The number of fused-ring (bicyclic) bond motifs is 1. The highest BCUT2D eigenvalue weighted by Crippen LogP contribution is 2.33. The van der Waals surface area contributed by atoms with E-state index in [0.717, 1.165) is 34.1 Å². The number of hydroxylamine groups is 2. The second kappa shape index (κ2) is 9.11. The number of nitrogens with zero attached hydrogens (tertiary/aromatic N) is 5. The Morgan fingerprint density at radius 1 is 1.15 bits per heavy atom. The maximum atomic E-state index is 13.2. The predicted octanol–water partition coefficient (Wildman–Crippen LogP) is 4.99. The van der Waals surface area contributed by atoms with E-state index in [4.69, 9.17) is 9.57 Å². The molecule has 1 unspecified atom stereocenters. The van der Waals surface area contributed by atoms with E-state index in [9.17, 15) is 4.79 Å². The topological polar surface area (TPSA) is 94.4 Å². The van der Waals surface area contributed by atoms with E-state index in [1.54, 1.807) is 6.20 Å². The number of benzene rings is 2. The summed E-state index contributed by atoms with van der Waals surface area (Å²) in [6.07, 6.45) is 2.45. The minimum absolute atomic E-state index is 0.158. The molecule has 3 heterocycles. The second-order valence-corrected chi connectivity index (χ2v) is 8.42. The molecule has 4 aromatic rings. The van der Waals surface area contributed by atoms with Crippen molar-refractivity contribution in [3.63, 3.8) is 0 Å². The molecule has 0 aliphatic carbocycles. The Morgan fingerprint density at radius 2 is 1.97 bits per heavy atom. The van der Waals surface area contributed by atoms with Crippen molar-refractivity contribution in [1.82, 2.24) is 25.0 Å². The van der Waals surface area contributed by atoms with Crippen molar-refractivity contribution in [2.24, 2.45) is 0 Å². The van der Waals surface area contributed by atoms with Crippen LogP contribution < -0.4 is 10.1 Å². The lowest BCUT2D eigenvalue weighted by Gasteiger charge is -2.23. The van der Waals surface area contributed by atoms with Gasteiger partial charge < -0.3 is 10.1 Å². The molecule has 2 aromatic heterocycles. The molecule has 2 amide bonds. The summed E-state index contributed by atoms with van der Waals surface area (Å²) in [4.78, 5) is 23.2. The van der Waals surface area contributed by atoms with Gasteiger partial charge in [-0.3, -0.25) is 4.84 Å². The van der Waals surface area contributed by atoms with E-state index in [-0.39, 0.29) is 18.1 Å². The average Bonchev–Trinajstić information content (AvgIpc) is 3.52. The average molecular weight is 459 g/mol. The summed E-state index contributed by atoms with van der Waals surface area (Å²) < 4.78 is 7.29. The van der Waals surface area contributed by atoms with E-state index < -0.39 is 0 Å². The smallest absolute Gasteiger partial charge is 0.346 e. The van der Waals surface area contributed by atoms with E-state index in [1.807, 2.05) is 59.3 Å². The SMILES string of the molecule is COc1ncc(-c2ccc3nnn(C(C)C)c3c2)cc1NC(=O)N1OCCC1c1ccccc1. The van der Waals surface area contributed by atoms with Crippen molar-refractivity contribution in [2.45, 2.75) is 32.4 Å². The highest BCUT2D eigenvalue weighted by Gasteiger charge is 2.32. The van der Waals surface area contributed by atoms with Crippen LogP contribution >= 0.6 is 0 Å². The number of rotatable bonds is 5. The van der Waals surface area contributed by atoms with Crippen molar-refractivity contribution in [3.8, 4) is 17.0 Å². The monoisotopic (exact) mass is 458 g/mol. The van der Waals surface area contributed by atoms with Crippen molar-refractivity contribution >= 4 is 22.8 Å². The molecule has 1 atom stereocenters. The Morgan fingerprint density at radius 3 is 2.74 bits per heavy atom. The fraction of sp³-hybridized carbons (Fsp3) is 0.280. The molecule has 174 valence electrons. The summed E-state index contributed by atoms with van der Waals surface area (Å²) in [5, 5.41) is 12.8. The van der Waals surface area contributed by atoms with Gasteiger partial charge in [0, 0.05) is 24.2 Å². The molecule has 1 saturated heterocycles. The highest BCUT2D eigenvalue weighted by atomic mass is 16.7. The minimum atomic E-state index is -0.374. The molecule has 1 fully saturated rings. The molecule has 1 aliphatic heterocycles. The van der Waals surface area contributed by atoms with Gasteiger partial charge in [0.05, 0.1) is 25.3 Å². The zero-order valence-corrected chi connectivity index (χ0v) is 19.3. The number of nitrogens with one attached hydrogen (secondary N) is 1. The number of urea groups is 1. The third-order valence-corrected chi connectivity index (χ3v) is 5.87. The number of hydrogen-bond acceptors (Lipinski definition) is 6. The Bertz CT molecular complexity index is 1320. The number of hydrogen-bond donors (Lipinski definition) is 1. The third kappa shape index (κ3) is 4.06. The van der Waals surface area contributed by atoms with Crippen LogP contribution in [0.15, 0.2) is 60.8 Å². The van der Waals surface area contributed by atoms with Crippen LogP contribution in [0.4, 0.5) is 10.5 Å². The number of aromatic nitrogens is 4. The van der Waals surface area contributed by atoms with E-state index in [2.05, 4.69) is 34.5 Å². The fourth-order valence-corrected chi connectivity index (χ4v) is 4.18. The summed E-state index contributed by atoms with van der Waals surface area (Å²) in [5.41, 5.74) is 5.01.